The van der Waals surface area contributed by atoms with E-state index in [2.05, 4.69) is 10.3 Å². The molecule has 50 heavy (non-hydrogen) atoms. The number of benzene rings is 1. The van der Waals surface area contributed by atoms with E-state index < -0.39 is 47.8 Å². The fourth-order valence-electron chi connectivity index (χ4n) is 6.20. The van der Waals surface area contributed by atoms with Crippen LogP contribution < -0.4 is 10.1 Å². The Morgan fingerprint density at radius 1 is 1.06 bits per heavy atom. The summed E-state index contributed by atoms with van der Waals surface area (Å²) in [6.45, 7) is 5.23. The molecule has 12 nitrogen and oxygen atoms in total. The van der Waals surface area contributed by atoms with Crippen LogP contribution in [0.25, 0.3) is 21.6 Å². The van der Waals surface area contributed by atoms with E-state index in [4.69, 9.17) is 42.6 Å². The number of Topliss-reactive ketones (excluding diaryl/α,β-unsaturated/α-hetero) is 1. The number of carbonyl (C=O) groups excluding carboxylic acids is 3. The summed E-state index contributed by atoms with van der Waals surface area (Å²) >= 11 is 14.0. The van der Waals surface area contributed by atoms with Gasteiger partial charge in [-0.3, -0.25) is 24.3 Å². The van der Waals surface area contributed by atoms with Crippen molar-refractivity contribution in [2.45, 2.75) is 96.1 Å². The maximum absolute atomic E-state index is 13.9. The molecule has 4 heterocycles. The van der Waals surface area contributed by atoms with E-state index in [-0.39, 0.29) is 35.9 Å². The van der Waals surface area contributed by atoms with E-state index >= 15 is 0 Å². The minimum absolute atomic E-state index is 0.0351. The number of allylic oxidation sites excluding steroid dienone is 2. The van der Waals surface area contributed by atoms with Crippen LogP contribution in [0.1, 0.15) is 72.1 Å². The van der Waals surface area contributed by atoms with Crippen molar-refractivity contribution in [3.05, 3.63) is 51.0 Å². The number of nitrogens with one attached hydrogen (secondary N) is 1. The van der Waals surface area contributed by atoms with E-state index in [0.717, 1.165) is 29.0 Å². The van der Waals surface area contributed by atoms with Gasteiger partial charge in [0.2, 0.25) is 11.8 Å². The number of carbonyl (C=O) groups is 4. The van der Waals surface area contributed by atoms with Crippen molar-refractivity contribution in [2.24, 2.45) is 10.9 Å². The third-order valence-electron chi connectivity index (χ3n) is 8.71. The summed E-state index contributed by atoms with van der Waals surface area (Å²) in [7, 11) is 0. The van der Waals surface area contributed by atoms with Crippen LogP contribution in [0.3, 0.4) is 0 Å². The van der Waals surface area contributed by atoms with E-state index in [0.29, 0.717) is 41.0 Å². The molecule has 2 amide bonds. The first-order valence-electron chi connectivity index (χ1n) is 16.5. The number of fused-ring (bicyclic) bond motifs is 2. The standard InChI is InChI=1S/C35H37Cl2N5O7S/c1-35(2,3)49-34(47)41-22-8-5-4-7-18-13-23(18)38-17-26-19(33(45)46)14-29(44)42(26)30(11-10-27(22)43)48-32-31(28-9-6-12-50-28)39-24-15-20(36)21(37)16-25(24)40-32/h6,9,12,15-17,19,22,26,30H,4-5,7-8,10-11,13-14H2,1-3H3,(H,41,47)(H,45,46)/b38-17-/t19-,22-,26+,30+/m0/s1. The number of halogens is 2. The Kier molecular flexibility index (Phi) is 10.5. The lowest BCUT2D eigenvalue weighted by Crippen LogP contribution is -2.49. The van der Waals surface area contributed by atoms with Gasteiger partial charge in [-0.1, -0.05) is 35.7 Å². The maximum Gasteiger partial charge on any atom is 0.408 e. The van der Waals surface area contributed by atoms with Crippen molar-refractivity contribution in [1.82, 2.24) is 20.2 Å². The second-order valence-electron chi connectivity index (χ2n) is 13.6. The Bertz CT molecular complexity index is 1890. The van der Waals surface area contributed by atoms with Crippen molar-refractivity contribution in [3.63, 3.8) is 0 Å². The molecule has 0 bridgehead atoms. The Morgan fingerprint density at radius 3 is 2.48 bits per heavy atom. The summed E-state index contributed by atoms with van der Waals surface area (Å²) in [5.41, 5.74) is 2.45. The molecule has 2 aromatic heterocycles. The van der Waals surface area contributed by atoms with Crippen molar-refractivity contribution in [2.75, 3.05) is 0 Å². The molecule has 0 radical (unpaired) electrons. The highest BCUT2D eigenvalue weighted by molar-refractivity contribution is 7.13. The summed E-state index contributed by atoms with van der Waals surface area (Å²) in [6.07, 6.45) is 2.55. The Hall–Kier alpha value is -4.07. The molecule has 1 fully saturated rings. The molecule has 2 N–H and O–H groups in total. The molecule has 2 aliphatic heterocycles. The number of nitrogens with zero attached hydrogens (tertiary/aromatic N) is 4. The summed E-state index contributed by atoms with van der Waals surface area (Å²) in [5, 5.41) is 15.3. The average Bonchev–Trinajstić information content (AvgIpc) is 3.39. The van der Waals surface area contributed by atoms with Crippen LogP contribution in [-0.4, -0.2) is 73.9 Å². The van der Waals surface area contributed by atoms with E-state index in [1.54, 1.807) is 32.9 Å². The quantitative estimate of drug-likeness (QED) is 0.275. The lowest BCUT2D eigenvalue weighted by atomic mass is 9.99. The second-order valence-corrected chi connectivity index (χ2v) is 15.3. The summed E-state index contributed by atoms with van der Waals surface area (Å²) in [6, 6.07) is 5.05. The second kappa shape index (κ2) is 14.7. The van der Waals surface area contributed by atoms with Gasteiger partial charge in [0.1, 0.15) is 11.3 Å². The number of hydrogen-bond acceptors (Lipinski definition) is 10. The zero-order valence-electron chi connectivity index (χ0n) is 27.8. The van der Waals surface area contributed by atoms with Crippen molar-refractivity contribution >= 4 is 75.5 Å². The molecule has 0 unspecified atom stereocenters. The van der Waals surface area contributed by atoms with Crippen LogP contribution >= 0.6 is 34.5 Å². The molecule has 3 aromatic rings. The van der Waals surface area contributed by atoms with Crippen LogP contribution in [0.5, 0.6) is 5.88 Å². The number of aliphatic carboxylic acids is 1. The van der Waals surface area contributed by atoms with Crippen molar-refractivity contribution in [1.29, 1.82) is 0 Å². The molecule has 0 saturated carbocycles. The number of ether oxygens (including phenoxy) is 2. The lowest BCUT2D eigenvalue weighted by Gasteiger charge is -2.33. The van der Waals surface area contributed by atoms with Gasteiger partial charge in [0.25, 0.3) is 0 Å². The first-order chi connectivity index (χ1) is 23.8. The number of hydrogen-bond donors (Lipinski definition) is 2. The summed E-state index contributed by atoms with van der Waals surface area (Å²) in [4.78, 5) is 69.0. The minimum Gasteiger partial charge on any atom is -0.481 e. The lowest BCUT2D eigenvalue weighted by molar-refractivity contribution is -0.142. The zero-order valence-corrected chi connectivity index (χ0v) is 30.1. The van der Waals surface area contributed by atoms with Gasteiger partial charge in [-0.15, -0.1) is 11.3 Å². The topological polar surface area (TPSA) is 160 Å². The molecule has 1 saturated heterocycles. The predicted molar refractivity (Wildman–Crippen MR) is 190 cm³/mol. The van der Waals surface area contributed by atoms with Gasteiger partial charge in [-0.05, 0) is 69.2 Å². The molecule has 15 heteroatoms. The maximum atomic E-state index is 13.9. The number of alkyl carbamates (subject to hydrolysis) is 1. The highest BCUT2D eigenvalue weighted by Gasteiger charge is 2.47. The molecule has 0 spiro atoms. The number of aliphatic imine (C=N–C) groups is 1. The van der Waals surface area contributed by atoms with Gasteiger partial charge >= 0.3 is 12.1 Å². The zero-order chi connectivity index (χ0) is 35.7. The normalized spacial score (nSPS) is 23.8. The number of rotatable bonds is 5. The Balaban J connectivity index is 1.40. The van der Waals surface area contributed by atoms with Crippen molar-refractivity contribution < 1.29 is 33.8 Å². The van der Waals surface area contributed by atoms with Crippen molar-refractivity contribution in [3.8, 4) is 16.5 Å². The number of ketones is 1. The molecule has 6 rings (SSSR count). The van der Waals surface area contributed by atoms with Gasteiger partial charge in [-0.25, -0.2) is 14.8 Å². The fraction of sp³-hybridized carbons (Fsp3) is 0.457. The number of thiophene rings is 1. The SMILES string of the molecule is CC(C)(C)OC(=O)N[C@H]1CCCCC2=C(C2)/N=C\[C@@H]2[C@@H](C(=O)O)CC(=O)N2[C@H](Oc2nc3cc(Cl)c(Cl)cc3nc2-c2cccs2)CCC1=O. The first kappa shape index (κ1) is 35.7. The van der Waals surface area contributed by atoms with Crippen LogP contribution in [-0.2, 0) is 19.1 Å². The monoisotopic (exact) mass is 741 g/mol. The Labute approximate surface area is 302 Å². The average molecular weight is 743 g/mol. The molecule has 1 aromatic carbocycles. The van der Waals surface area contributed by atoms with E-state index in [1.165, 1.54) is 22.5 Å². The molecule has 4 atom stereocenters. The van der Waals surface area contributed by atoms with Crippen LogP contribution in [0.2, 0.25) is 10.0 Å². The molecule has 1 aliphatic carbocycles. The first-order valence-corrected chi connectivity index (χ1v) is 18.1. The smallest absolute Gasteiger partial charge is 0.408 e. The molecule has 264 valence electrons. The summed E-state index contributed by atoms with van der Waals surface area (Å²) < 4.78 is 12.0. The van der Waals surface area contributed by atoms with Gasteiger partial charge in [0, 0.05) is 37.6 Å². The minimum atomic E-state index is -1.15. The molecule has 3 aliphatic rings. The predicted octanol–water partition coefficient (Wildman–Crippen LogP) is 7.22. The van der Waals surface area contributed by atoms with Gasteiger partial charge < -0.3 is 19.9 Å². The van der Waals surface area contributed by atoms with E-state index in [9.17, 15) is 24.3 Å². The molecular weight excluding hydrogens is 705 g/mol. The third-order valence-corrected chi connectivity index (χ3v) is 10.3. The summed E-state index contributed by atoms with van der Waals surface area (Å²) in [5.74, 6) is -2.92. The van der Waals surface area contributed by atoms with Gasteiger partial charge in [0.05, 0.1) is 44.0 Å². The van der Waals surface area contributed by atoms with Crippen LogP contribution in [0.15, 0.2) is 45.9 Å². The van der Waals surface area contributed by atoms with Gasteiger partial charge in [-0.2, -0.15) is 0 Å². The number of aromatic nitrogens is 2. The highest BCUT2D eigenvalue weighted by atomic mass is 35.5. The van der Waals surface area contributed by atoms with E-state index in [1.807, 2.05) is 17.5 Å². The van der Waals surface area contributed by atoms with Crippen LogP contribution in [0.4, 0.5) is 4.79 Å². The highest BCUT2D eigenvalue weighted by Crippen LogP contribution is 2.39. The number of amides is 2. The largest absolute Gasteiger partial charge is 0.481 e. The third kappa shape index (κ3) is 8.27. The van der Waals surface area contributed by atoms with Crippen LogP contribution in [0, 0.1) is 5.92 Å². The number of carboxylic acid groups (broad SMARTS) is 1. The fourth-order valence-corrected chi connectivity index (χ4v) is 7.22. The number of carboxylic acids is 1. The van der Waals surface area contributed by atoms with Gasteiger partial charge in [0.15, 0.2) is 12.0 Å². The molecular formula is C35H37Cl2N5O7S. The Morgan fingerprint density at radius 2 is 1.80 bits per heavy atom.